The van der Waals surface area contributed by atoms with E-state index in [9.17, 15) is 9.50 Å². The van der Waals surface area contributed by atoms with E-state index in [4.69, 9.17) is 9.31 Å². The largest absolute Gasteiger partial charge is 0.495 e. The van der Waals surface area contributed by atoms with Gasteiger partial charge in [-0.1, -0.05) is 18.2 Å². The van der Waals surface area contributed by atoms with Crippen LogP contribution in [0.2, 0.25) is 0 Å². The van der Waals surface area contributed by atoms with Crippen LogP contribution in [0.1, 0.15) is 44.9 Å². The molecule has 3 nitrogen and oxygen atoms in total. The molecule has 3 rings (SSSR count). The predicted molar refractivity (Wildman–Crippen MR) is 75.7 cm³/mol. The molecule has 1 aliphatic heterocycles. The quantitative estimate of drug-likeness (QED) is 0.798. The van der Waals surface area contributed by atoms with Gasteiger partial charge in [-0.3, -0.25) is 0 Å². The summed E-state index contributed by atoms with van der Waals surface area (Å²) in [5, 5.41) is 9.87. The first-order valence-corrected chi connectivity index (χ1v) is 7.02. The van der Waals surface area contributed by atoms with Crippen molar-refractivity contribution in [1.29, 1.82) is 0 Å². The summed E-state index contributed by atoms with van der Waals surface area (Å²) in [6.07, 6.45) is -2.06. The molecule has 5 heteroatoms. The molecule has 0 amide bonds. The highest BCUT2D eigenvalue weighted by atomic mass is 19.1. The minimum Gasteiger partial charge on any atom is -0.399 e. The highest BCUT2D eigenvalue weighted by Crippen LogP contribution is 2.38. The Hall–Kier alpha value is -0.905. The molecule has 2 aliphatic rings. The fraction of sp³-hybridized carbons (Fsp3) is 0.600. The zero-order valence-corrected chi connectivity index (χ0v) is 12.3. The normalized spacial score (nSPS) is 30.6. The van der Waals surface area contributed by atoms with E-state index in [-0.39, 0.29) is 6.42 Å². The number of halogens is 1. The third-order valence-corrected chi connectivity index (χ3v) is 4.82. The van der Waals surface area contributed by atoms with Gasteiger partial charge in [0.1, 0.15) is 12.3 Å². The molecule has 0 radical (unpaired) electrons. The number of fused-ring (bicyclic) bond motifs is 1. The van der Waals surface area contributed by atoms with Gasteiger partial charge < -0.3 is 14.4 Å². The lowest BCUT2D eigenvalue weighted by molar-refractivity contribution is 0.00578. The summed E-state index contributed by atoms with van der Waals surface area (Å²) in [7, 11) is -0.507. The Labute approximate surface area is 119 Å². The van der Waals surface area contributed by atoms with Gasteiger partial charge in [-0.2, -0.15) is 0 Å². The lowest BCUT2D eigenvalue weighted by Gasteiger charge is -2.32. The summed E-state index contributed by atoms with van der Waals surface area (Å²) in [6.45, 7) is 7.96. The first-order chi connectivity index (χ1) is 9.23. The number of aliphatic hydroxyl groups excluding tert-OH is 1. The van der Waals surface area contributed by atoms with Crippen molar-refractivity contribution in [3.63, 3.8) is 0 Å². The molecule has 1 aliphatic carbocycles. The lowest BCUT2D eigenvalue weighted by Crippen LogP contribution is -2.41. The van der Waals surface area contributed by atoms with Crippen LogP contribution in [0.3, 0.4) is 0 Å². The molecular weight excluding hydrogens is 258 g/mol. The smallest absolute Gasteiger partial charge is 0.399 e. The standard InChI is InChI=1S/C15H20BFO3/c1-14(2)15(3,4)20-16(19-14)11-7-5-6-9-10(11)8-12(17)13(9)18/h5-7,12-13,18H,8H2,1-4H3. The van der Waals surface area contributed by atoms with Crippen molar-refractivity contribution < 1.29 is 18.8 Å². The van der Waals surface area contributed by atoms with Gasteiger partial charge in [0.2, 0.25) is 0 Å². The lowest BCUT2D eigenvalue weighted by atomic mass is 9.75. The zero-order valence-electron chi connectivity index (χ0n) is 12.3. The summed E-state index contributed by atoms with van der Waals surface area (Å²) in [4.78, 5) is 0. The first kappa shape index (κ1) is 14.0. The Balaban J connectivity index is 1.99. The Morgan fingerprint density at radius 2 is 1.80 bits per heavy atom. The van der Waals surface area contributed by atoms with Crippen LogP contribution in [0, 0.1) is 0 Å². The molecule has 1 aromatic carbocycles. The molecule has 1 heterocycles. The van der Waals surface area contributed by atoms with Gasteiger partial charge in [0.15, 0.2) is 0 Å². The highest BCUT2D eigenvalue weighted by molar-refractivity contribution is 6.62. The van der Waals surface area contributed by atoms with Gasteiger partial charge in [0, 0.05) is 6.42 Å². The van der Waals surface area contributed by atoms with Crippen LogP contribution in [-0.4, -0.2) is 29.6 Å². The third-order valence-electron chi connectivity index (χ3n) is 4.82. The Morgan fingerprint density at radius 3 is 2.40 bits per heavy atom. The fourth-order valence-corrected chi connectivity index (χ4v) is 2.83. The summed E-state index contributed by atoms with van der Waals surface area (Å²) >= 11 is 0. The van der Waals surface area contributed by atoms with E-state index in [1.54, 1.807) is 6.07 Å². The SMILES string of the molecule is CC1(C)OB(c2cccc3c2CC(F)C3O)OC1(C)C. The van der Waals surface area contributed by atoms with E-state index < -0.39 is 30.6 Å². The molecule has 2 atom stereocenters. The maximum absolute atomic E-state index is 13.7. The van der Waals surface area contributed by atoms with E-state index in [2.05, 4.69) is 0 Å². The van der Waals surface area contributed by atoms with Gasteiger partial charge in [0.05, 0.1) is 11.2 Å². The molecule has 20 heavy (non-hydrogen) atoms. The van der Waals surface area contributed by atoms with Crippen LogP contribution in [0.4, 0.5) is 4.39 Å². The molecule has 1 N–H and O–H groups in total. The second-order valence-corrected chi connectivity index (χ2v) is 6.67. The molecule has 0 bridgehead atoms. The summed E-state index contributed by atoms with van der Waals surface area (Å²) in [6, 6.07) is 5.49. The molecule has 1 fully saturated rings. The number of rotatable bonds is 1. The summed E-state index contributed by atoms with van der Waals surface area (Å²) < 4.78 is 25.8. The summed E-state index contributed by atoms with van der Waals surface area (Å²) in [5.74, 6) is 0. The molecule has 2 unspecified atom stereocenters. The number of benzene rings is 1. The molecule has 1 saturated heterocycles. The average Bonchev–Trinajstić information content (AvgIpc) is 2.74. The topological polar surface area (TPSA) is 38.7 Å². The Bertz CT molecular complexity index is 528. The van der Waals surface area contributed by atoms with Crippen molar-refractivity contribution in [2.75, 3.05) is 0 Å². The van der Waals surface area contributed by atoms with E-state index in [1.165, 1.54) is 0 Å². The van der Waals surface area contributed by atoms with Gasteiger partial charge >= 0.3 is 7.12 Å². The van der Waals surface area contributed by atoms with Crippen molar-refractivity contribution in [3.05, 3.63) is 29.3 Å². The van der Waals surface area contributed by atoms with Crippen LogP contribution >= 0.6 is 0 Å². The van der Waals surface area contributed by atoms with Crippen molar-refractivity contribution in [1.82, 2.24) is 0 Å². The molecule has 0 saturated carbocycles. The summed E-state index contributed by atoms with van der Waals surface area (Å²) in [5.41, 5.74) is 1.47. The van der Waals surface area contributed by atoms with Crippen LogP contribution in [0.25, 0.3) is 0 Å². The van der Waals surface area contributed by atoms with Crippen LogP contribution < -0.4 is 5.46 Å². The highest BCUT2D eigenvalue weighted by Gasteiger charge is 2.52. The molecular formula is C15H20BFO3. The predicted octanol–water partition coefficient (Wildman–Crippen LogP) is 1.91. The van der Waals surface area contributed by atoms with Gasteiger partial charge in [-0.05, 0) is 44.3 Å². The van der Waals surface area contributed by atoms with E-state index in [1.807, 2.05) is 39.8 Å². The first-order valence-electron chi connectivity index (χ1n) is 7.02. The van der Waals surface area contributed by atoms with Gasteiger partial charge in [-0.15, -0.1) is 0 Å². The number of alkyl halides is 1. The number of hydrogen-bond donors (Lipinski definition) is 1. The maximum atomic E-state index is 13.7. The van der Waals surface area contributed by atoms with Crippen molar-refractivity contribution in [3.8, 4) is 0 Å². The second kappa shape index (κ2) is 4.29. The van der Waals surface area contributed by atoms with Gasteiger partial charge in [-0.25, -0.2) is 4.39 Å². The minimum atomic E-state index is -1.24. The number of hydrogen-bond acceptors (Lipinski definition) is 3. The van der Waals surface area contributed by atoms with Crippen molar-refractivity contribution in [2.24, 2.45) is 0 Å². The van der Waals surface area contributed by atoms with E-state index in [0.29, 0.717) is 5.56 Å². The number of aliphatic hydroxyl groups is 1. The monoisotopic (exact) mass is 278 g/mol. The van der Waals surface area contributed by atoms with Crippen molar-refractivity contribution >= 4 is 12.6 Å². The Morgan fingerprint density at radius 1 is 1.20 bits per heavy atom. The van der Waals surface area contributed by atoms with Crippen LogP contribution in [0.15, 0.2) is 18.2 Å². The average molecular weight is 278 g/mol. The maximum Gasteiger partial charge on any atom is 0.495 e. The molecule has 0 aromatic heterocycles. The van der Waals surface area contributed by atoms with Crippen LogP contribution in [-0.2, 0) is 15.7 Å². The Kier molecular flexibility index (Phi) is 3.02. The van der Waals surface area contributed by atoms with E-state index >= 15 is 0 Å². The van der Waals surface area contributed by atoms with Crippen LogP contribution in [0.5, 0.6) is 0 Å². The van der Waals surface area contributed by atoms with Gasteiger partial charge in [0.25, 0.3) is 0 Å². The second-order valence-electron chi connectivity index (χ2n) is 6.67. The molecule has 108 valence electrons. The van der Waals surface area contributed by atoms with E-state index in [0.717, 1.165) is 11.0 Å². The van der Waals surface area contributed by atoms with Crippen molar-refractivity contribution in [2.45, 2.75) is 57.6 Å². The fourth-order valence-electron chi connectivity index (χ4n) is 2.83. The molecule has 1 aromatic rings. The minimum absolute atomic E-state index is 0.219. The zero-order chi connectivity index (χ0) is 14.7. The molecule has 0 spiro atoms. The third kappa shape index (κ3) is 1.91.